The zero-order valence-electron chi connectivity index (χ0n) is 11.7. The fraction of sp³-hybridized carbons (Fsp3) is 0.294. The van der Waals surface area contributed by atoms with Gasteiger partial charge in [-0.3, -0.25) is 0 Å². The Hall–Kier alpha value is -1.96. The molecule has 2 heteroatoms. The van der Waals surface area contributed by atoms with Crippen molar-refractivity contribution >= 4 is 5.69 Å². The molecule has 0 radical (unpaired) electrons. The third kappa shape index (κ3) is 1.97. The second kappa shape index (κ2) is 4.02. The third-order valence-corrected chi connectivity index (χ3v) is 3.82. The average molecular weight is 253 g/mol. The Kier molecular flexibility index (Phi) is 2.56. The van der Waals surface area contributed by atoms with Gasteiger partial charge < -0.3 is 10.5 Å². The first kappa shape index (κ1) is 12.1. The molecule has 0 spiro atoms. The van der Waals surface area contributed by atoms with Crippen molar-refractivity contribution in [2.45, 2.75) is 26.2 Å². The van der Waals surface area contributed by atoms with E-state index in [1.54, 1.807) is 0 Å². The highest BCUT2D eigenvalue weighted by Gasteiger charge is 2.31. The molecule has 3 rings (SSSR count). The molecule has 2 aromatic carbocycles. The summed E-state index contributed by atoms with van der Waals surface area (Å²) >= 11 is 0. The predicted molar refractivity (Wildman–Crippen MR) is 79.5 cm³/mol. The molecule has 1 heterocycles. The Morgan fingerprint density at radius 3 is 2.63 bits per heavy atom. The molecule has 0 bridgehead atoms. The fourth-order valence-corrected chi connectivity index (χ4v) is 2.63. The molecule has 0 saturated heterocycles. The second-order valence-corrected chi connectivity index (χ2v) is 5.97. The van der Waals surface area contributed by atoms with Crippen molar-refractivity contribution < 1.29 is 4.74 Å². The van der Waals surface area contributed by atoms with Crippen LogP contribution in [-0.2, 0) is 5.41 Å². The molecule has 98 valence electrons. The number of fused-ring (bicyclic) bond motifs is 1. The highest BCUT2D eigenvalue weighted by molar-refractivity contribution is 5.78. The van der Waals surface area contributed by atoms with Gasteiger partial charge in [0, 0.05) is 22.2 Å². The van der Waals surface area contributed by atoms with E-state index < -0.39 is 0 Å². The van der Waals surface area contributed by atoms with Crippen molar-refractivity contribution in [3.05, 3.63) is 47.5 Å². The number of anilines is 1. The Morgan fingerprint density at radius 2 is 1.89 bits per heavy atom. The van der Waals surface area contributed by atoms with Crippen molar-refractivity contribution in [1.82, 2.24) is 0 Å². The highest BCUT2D eigenvalue weighted by atomic mass is 16.5. The van der Waals surface area contributed by atoms with Gasteiger partial charge in [-0.25, -0.2) is 0 Å². The van der Waals surface area contributed by atoms with E-state index >= 15 is 0 Å². The maximum Gasteiger partial charge on any atom is 0.123 e. The van der Waals surface area contributed by atoms with E-state index in [4.69, 9.17) is 10.5 Å². The van der Waals surface area contributed by atoms with Crippen molar-refractivity contribution in [1.29, 1.82) is 0 Å². The summed E-state index contributed by atoms with van der Waals surface area (Å²) in [4.78, 5) is 0. The summed E-state index contributed by atoms with van der Waals surface area (Å²) < 4.78 is 5.72. The number of rotatable bonds is 1. The largest absolute Gasteiger partial charge is 0.492 e. The highest BCUT2D eigenvalue weighted by Crippen LogP contribution is 2.41. The smallest absolute Gasteiger partial charge is 0.123 e. The van der Waals surface area contributed by atoms with Gasteiger partial charge in [-0.2, -0.15) is 0 Å². The van der Waals surface area contributed by atoms with E-state index in [2.05, 4.69) is 51.1 Å². The monoisotopic (exact) mass is 253 g/mol. The van der Waals surface area contributed by atoms with Crippen molar-refractivity contribution in [3.63, 3.8) is 0 Å². The fourth-order valence-electron chi connectivity index (χ4n) is 2.63. The van der Waals surface area contributed by atoms with Crippen molar-refractivity contribution in [3.8, 4) is 16.9 Å². The summed E-state index contributed by atoms with van der Waals surface area (Å²) in [6.45, 7) is 7.22. The molecular weight excluding hydrogens is 234 g/mol. The Balaban J connectivity index is 2.13. The standard InChI is InChI=1S/C17H19NO/c1-11-4-6-13(15(18)8-11)12-5-7-16-14(9-12)17(2,3)10-19-16/h4-9H,10,18H2,1-3H3. The van der Waals surface area contributed by atoms with Crippen molar-refractivity contribution in [2.75, 3.05) is 12.3 Å². The van der Waals surface area contributed by atoms with Gasteiger partial charge in [-0.05, 0) is 36.2 Å². The number of nitrogen functional groups attached to an aromatic ring is 1. The zero-order chi connectivity index (χ0) is 13.6. The SMILES string of the molecule is Cc1ccc(-c2ccc3c(c2)C(C)(C)CO3)c(N)c1. The lowest BCUT2D eigenvalue weighted by Gasteiger charge is -2.16. The van der Waals surface area contributed by atoms with Crippen molar-refractivity contribution in [2.24, 2.45) is 0 Å². The van der Waals surface area contributed by atoms with Gasteiger partial charge in [-0.15, -0.1) is 0 Å². The van der Waals surface area contributed by atoms with Crippen LogP contribution in [0.1, 0.15) is 25.0 Å². The van der Waals surface area contributed by atoms with E-state index in [9.17, 15) is 0 Å². The van der Waals surface area contributed by atoms with Crippen LogP contribution in [0.15, 0.2) is 36.4 Å². The minimum Gasteiger partial charge on any atom is -0.492 e. The van der Waals surface area contributed by atoms with E-state index in [-0.39, 0.29) is 5.41 Å². The maximum atomic E-state index is 6.13. The Bertz CT molecular complexity index is 644. The number of hydrogen-bond donors (Lipinski definition) is 1. The average Bonchev–Trinajstić information content (AvgIpc) is 2.65. The molecule has 2 N–H and O–H groups in total. The zero-order valence-corrected chi connectivity index (χ0v) is 11.7. The van der Waals surface area contributed by atoms with Gasteiger partial charge in [0.1, 0.15) is 5.75 Å². The molecule has 0 unspecified atom stereocenters. The number of ether oxygens (including phenoxy) is 1. The predicted octanol–water partition coefficient (Wildman–Crippen LogP) is 3.91. The lowest BCUT2D eigenvalue weighted by molar-refractivity contribution is 0.291. The summed E-state index contributed by atoms with van der Waals surface area (Å²) in [7, 11) is 0. The van der Waals surface area contributed by atoms with Crippen LogP contribution in [0.3, 0.4) is 0 Å². The van der Waals surface area contributed by atoms with Crippen LogP contribution in [0.2, 0.25) is 0 Å². The first-order chi connectivity index (χ1) is 8.97. The van der Waals surface area contributed by atoms with E-state index in [1.165, 1.54) is 11.1 Å². The minimum absolute atomic E-state index is 0.0742. The summed E-state index contributed by atoms with van der Waals surface area (Å²) in [6.07, 6.45) is 0. The first-order valence-electron chi connectivity index (χ1n) is 6.61. The number of hydrogen-bond acceptors (Lipinski definition) is 2. The quantitative estimate of drug-likeness (QED) is 0.782. The van der Waals surface area contributed by atoms with E-state index in [1.807, 2.05) is 6.07 Å². The molecule has 19 heavy (non-hydrogen) atoms. The first-order valence-corrected chi connectivity index (χ1v) is 6.61. The van der Waals surface area contributed by atoms with Crippen LogP contribution < -0.4 is 10.5 Å². The summed E-state index contributed by atoms with van der Waals surface area (Å²) in [5, 5.41) is 0. The lowest BCUT2D eigenvalue weighted by atomic mass is 9.85. The molecule has 1 aliphatic heterocycles. The molecular formula is C17H19NO. The molecule has 0 fully saturated rings. The molecule has 0 aromatic heterocycles. The summed E-state index contributed by atoms with van der Waals surface area (Å²) in [5.41, 5.74) is 11.7. The lowest BCUT2D eigenvalue weighted by Crippen LogP contribution is -2.18. The Morgan fingerprint density at radius 1 is 1.11 bits per heavy atom. The van der Waals surface area contributed by atoms with Crippen LogP contribution in [0.4, 0.5) is 5.69 Å². The van der Waals surface area contributed by atoms with Gasteiger partial charge in [-0.1, -0.05) is 32.0 Å². The van der Waals surface area contributed by atoms with Crippen LogP contribution >= 0.6 is 0 Å². The molecule has 0 atom stereocenters. The minimum atomic E-state index is 0.0742. The number of benzene rings is 2. The molecule has 0 amide bonds. The van der Waals surface area contributed by atoms with Gasteiger partial charge in [0.05, 0.1) is 6.61 Å². The summed E-state index contributed by atoms with van der Waals surface area (Å²) in [6, 6.07) is 12.6. The second-order valence-electron chi connectivity index (χ2n) is 5.97. The van der Waals surface area contributed by atoms with Gasteiger partial charge in [0.25, 0.3) is 0 Å². The van der Waals surface area contributed by atoms with Crippen LogP contribution in [-0.4, -0.2) is 6.61 Å². The van der Waals surface area contributed by atoms with E-state index in [0.29, 0.717) is 0 Å². The van der Waals surface area contributed by atoms with Crippen LogP contribution in [0.25, 0.3) is 11.1 Å². The van der Waals surface area contributed by atoms with E-state index in [0.717, 1.165) is 29.2 Å². The van der Waals surface area contributed by atoms with Crippen LogP contribution in [0, 0.1) is 6.92 Å². The molecule has 0 aliphatic carbocycles. The normalized spacial score (nSPS) is 15.9. The number of nitrogens with two attached hydrogens (primary N) is 1. The topological polar surface area (TPSA) is 35.2 Å². The van der Waals surface area contributed by atoms with Crippen LogP contribution in [0.5, 0.6) is 5.75 Å². The van der Waals surface area contributed by atoms with Gasteiger partial charge in [0.2, 0.25) is 0 Å². The third-order valence-electron chi connectivity index (χ3n) is 3.82. The number of aryl methyl sites for hydroxylation is 1. The van der Waals surface area contributed by atoms with Gasteiger partial charge >= 0.3 is 0 Å². The molecule has 2 nitrogen and oxygen atoms in total. The van der Waals surface area contributed by atoms with Gasteiger partial charge in [0.15, 0.2) is 0 Å². The summed E-state index contributed by atoms with van der Waals surface area (Å²) in [5.74, 6) is 0.999. The Labute approximate surface area is 114 Å². The molecule has 0 saturated carbocycles. The maximum absolute atomic E-state index is 6.13. The molecule has 1 aliphatic rings. The molecule has 2 aromatic rings.